The van der Waals surface area contributed by atoms with Crippen LogP contribution in [0.1, 0.15) is 17.5 Å². The molecule has 2 heterocycles. The molecule has 1 unspecified atom stereocenters. The van der Waals surface area contributed by atoms with Crippen molar-refractivity contribution in [3.05, 3.63) is 29.3 Å². The van der Waals surface area contributed by atoms with Crippen molar-refractivity contribution in [3.63, 3.8) is 0 Å². The summed E-state index contributed by atoms with van der Waals surface area (Å²) < 4.78 is 5.62. The summed E-state index contributed by atoms with van der Waals surface area (Å²) in [4.78, 5) is 12.0. The number of nitrogens with one attached hydrogen (secondary N) is 2. The predicted octanol–water partition coefficient (Wildman–Crippen LogP) is 0.650. The standard InChI is InChI=1S/C12H14N2O2/c1-8-2-3-9-10(6-8)16-5-4-12(9)11(15)13-7-14-12/h2-3,6,14H,4-5,7H2,1H3,(H,13,15). The fraction of sp³-hybridized carbons (Fsp3) is 0.417. The molecule has 3 rings (SSSR count). The second kappa shape index (κ2) is 3.22. The van der Waals surface area contributed by atoms with E-state index in [9.17, 15) is 4.79 Å². The zero-order valence-corrected chi connectivity index (χ0v) is 9.17. The van der Waals surface area contributed by atoms with Crippen molar-refractivity contribution >= 4 is 5.91 Å². The first-order chi connectivity index (χ1) is 7.72. The van der Waals surface area contributed by atoms with Crippen molar-refractivity contribution in [1.29, 1.82) is 0 Å². The quantitative estimate of drug-likeness (QED) is 0.672. The zero-order chi connectivity index (χ0) is 11.2. The maximum atomic E-state index is 12.0. The summed E-state index contributed by atoms with van der Waals surface area (Å²) in [5, 5.41) is 6.09. The second-order valence-electron chi connectivity index (χ2n) is 4.36. The minimum atomic E-state index is -0.568. The summed E-state index contributed by atoms with van der Waals surface area (Å²) in [5.74, 6) is 0.886. The molecular weight excluding hydrogens is 204 g/mol. The van der Waals surface area contributed by atoms with Gasteiger partial charge < -0.3 is 10.1 Å². The van der Waals surface area contributed by atoms with E-state index >= 15 is 0 Å². The predicted molar refractivity (Wildman–Crippen MR) is 59.1 cm³/mol. The lowest BCUT2D eigenvalue weighted by Crippen LogP contribution is -2.47. The molecule has 0 saturated carbocycles. The molecule has 2 aliphatic rings. The largest absolute Gasteiger partial charge is 0.493 e. The van der Waals surface area contributed by atoms with E-state index in [4.69, 9.17) is 4.74 Å². The van der Waals surface area contributed by atoms with E-state index in [0.717, 1.165) is 16.9 Å². The van der Waals surface area contributed by atoms with Gasteiger partial charge in [-0.1, -0.05) is 12.1 Å². The van der Waals surface area contributed by atoms with Crippen LogP contribution in [0.15, 0.2) is 18.2 Å². The molecule has 0 aliphatic carbocycles. The molecule has 1 spiro atoms. The maximum absolute atomic E-state index is 12.0. The minimum Gasteiger partial charge on any atom is -0.493 e. The number of benzene rings is 1. The Bertz CT molecular complexity index is 458. The fourth-order valence-electron chi connectivity index (χ4n) is 2.48. The first kappa shape index (κ1) is 9.66. The molecule has 1 fully saturated rings. The van der Waals surface area contributed by atoms with E-state index in [1.165, 1.54) is 0 Å². The van der Waals surface area contributed by atoms with Crippen LogP contribution in [-0.4, -0.2) is 19.2 Å². The third-order valence-electron chi connectivity index (χ3n) is 3.36. The maximum Gasteiger partial charge on any atom is 0.246 e. The van der Waals surface area contributed by atoms with Crippen molar-refractivity contribution in [2.75, 3.05) is 13.3 Å². The monoisotopic (exact) mass is 218 g/mol. The van der Waals surface area contributed by atoms with Crippen LogP contribution < -0.4 is 15.4 Å². The molecule has 2 aliphatic heterocycles. The van der Waals surface area contributed by atoms with Crippen LogP contribution in [0.4, 0.5) is 0 Å². The molecule has 1 aromatic carbocycles. The highest BCUT2D eigenvalue weighted by atomic mass is 16.5. The number of ether oxygens (including phenoxy) is 1. The van der Waals surface area contributed by atoms with Gasteiger partial charge in [0.05, 0.1) is 13.3 Å². The Labute approximate surface area is 94.0 Å². The average molecular weight is 218 g/mol. The topological polar surface area (TPSA) is 50.4 Å². The third-order valence-corrected chi connectivity index (χ3v) is 3.36. The minimum absolute atomic E-state index is 0.0564. The number of rotatable bonds is 0. The van der Waals surface area contributed by atoms with Gasteiger partial charge in [-0.05, 0) is 18.6 Å². The number of fused-ring (bicyclic) bond motifs is 2. The Morgan fingerprint density at radius 2 is 2.31 bits per heavy atom. The zero-order valence-electron chi connectivity index (χ0n) is 9.17. The normalized spacial score (nSPS) is 27.4. The lowest BCUT2D eigenvalue weighted by atomic mass is 9.84. The smallest absolute Gasteiger partial charge is 0.246 e. The van der Waals surface area contributed by atoms with Gasteiger partial charge >= 0.3 is 0 Å². The molecule has 84 valence electrons. The van der Waals surface area contributed by atoms with Gasteiger partial charge in [-0.15, -0.1) is 0 Å². The van der Waals surface area contributed by atoms with Crippen molar-refractivity contribution in [1.82, 2.24) is 10.6 Å². The van der Waals surface area contributed by atoms with E-state index in [-0.39, 0.29) is 5.91 Å². The Hall–Kier alpha value is -1.55. The molecule has 2 N–H and O–H groups in total. The van der Waals surface area contributed by atoms with Crippen LogP contribution in [0.5, 0.6) is 5.75 Å². The van der Waals surface area contributed by atoms with Crippen LogP contribution in [0.25, 0.3) is 0 Å². The van der Waals surface area contributed by atoms with Crippen molar-refractivity contribution < 1.29 is 9.53 Å². The van der Waals surface area contributed by atoms with Crippen LogP contribution in [0, 0.1) is 6.92 Å². The van der Waals surface area contributed by atoms with Crippen LogP contribution in [0.2, 0.25) is 0 Å². The van der Waals surface area contributed by atoms with E-state index < -0.39 is 5.54 Å². The summed E-state index contributed by atoms with van der Waals surface area (Å²) in [5.41, 5.74) is 1.54. The van der Waals surface area contributed by atoms with Gasteiger partial charge in [-0.25, -0.2) is 0 Å². The van der Waals surface area contributed by atoms with E-state index in [1.54, 1.807) is 0 Å². The second-order valence-corrected chi connectivity index (χ2v) is 4.36. The molecule has 0 aromatic heterocycles. The number of hydrogen-bond acceptors (Lipinski definition) is 3. The molecule has 1 saturated heterocycles. The summed E-state index contributed by atoms with van der Waals surface area (Å²) in [7, 11) is 0. The number of carbonyl (C=O) groups excluding carboxylic acids is 1. The van der Waals surface area contributed by atoms with Crippen LogP contribution in [0.3, 0.4) is 0 Å². The van der Waals surface area contributed by atoms with E-state index in [0.29, 0.717) is 19.7 Å². The summed E-state index contributed by atoms with van der Waals surface area (Å²) in [6.07, 6.45) is 0.689. The molecule has 1 atom stereocenters. The summed E-state index contributed by atoms with van der Waals surface area (Å²) in [6.45, 7) is 3.14. The number of hydrogen-bond donors (Lipinski definition) is 2. The number of amides is 1. The Balaban J connectivity index is 2.16. The third kappa shape index (κ3) is 1.16. The fourth-order valence-corrected chi connectivity index (χ4v) is 2.48. The highest BCUT2D eigenvalue weighted by molar-refractivity contribution is 5.90. The van der Waals surface area contributed by atoms with Gasteiger partial charge in [0.15, 0.2) is 0 Å². The molecule has 0 radical (unpaired) electrons. The van der Waals surface area contributed by atoms with Gasteiger partial charge in [-0.2, -0.15) is 0 Å². The Morgan fingerprint density at radius 1 is 1.44 bits per heavy atom. The SMILES string of the molecule is Cc1ccc2c(c1)OCCC21NCNC1=O. The summed E-state index contributed by atoms with van der Waals surface area (Å²) in [6, 6.07) is 5.99. The highest BCUT2D eigenvalue weighted by Crippen LogP contribution is 2.38. The van der Waals surface area contributed by atoms with Crippen LogP contribution >= 0.6 is 0 Å². The van der Waals surface area contributed by atoms with Gasteiger partial charge in [-0.3, -0.25) is 10.1 Å². The lowest BCUT2D eigenvalue weighted by molar-refractivity contribution is -0.125. The van der Waals surface area contributed by atoms with Gasteiger partial charge in [0.2, 0.25) is 5.91 Å². The molecule has 4 nitrogen and oxygen atoms in total. The first-order valence-electron chi connectivity index (χ1n) is 5.50. The van der Waals surface area contributed by atoms with E-state index in [2.05, 4.69) is 10.6 Å². The van der Waals surface area contributed by atoms with Crippen molar-refractivity contribution in [2.45, 2.75) is 18.9 Å². The number of aryl methyl sites for hydroxylation is 1. The average Bonchev–Trinajstić information content (AvgIpc) is 2.61. The van der Waals surface area contributed by atoms with E-state index in [1.807, 2.05) is 25.1 Å². The lowest BCUT2D eigenvalue weighted by Gasteiger charge is -2.33. The van der Waals surface area contributed by atoms with Crippen molar-refractivity contribution in [2.24, 2.45) is 0 Å². The molecule has 1 aromatic rings. The van der Waals surface area contributed by atoms with Gasteiger partial charge in [0.25, 0.3) is 0 Å². The molecule has 1 amide bonds. The van der Waals surface area contributed by atoms with Gasteiger partial charge in [0, 0.05) is 12.0 Å². The molecule has 4 heteroatoms. The summed E-state index contributed by atoms with van der Waals surface area (Å²) >= 11 is 0. The van der Waals surface area contributed by atoms with Gasteiger partial charge in [0.1, 0.15) is 11.3 Å². The molecule has 16 heavy (non-hydrogen) atoms. The Kier molecular flexibility index (Phi) is 1.94. The Morgan fingerprint density at radius 3 is 3.06 bits per heavy atom. The number of carbonyl (C=O) groups is 1. The first-order valence-corrected chi connectivity index (χ1v) is 5.50. The van der Waals surface area contributed by atoms with Crippen LogP contribution in [-0.2, 0) is 10.3 Å². The molecular formula is C12H14N2O2. The highest BCUT2D eigenvalue weighted by Gasteiger charge is 2.47. The van der Waals surface area contributed by atoms with Crippen molar-refractivity contribution in [3.8, 4) is 5.75 Å². The molecule has 0 bridgehead atoms.